The minimum atomic E-state index is -0.621. The van der Waals surface area contributed by atoms with E-state index in [0.717, 1.165) is 87.0 Å². The number of ether oxygens (including phenoxy) is 2. The van der Waals surface area contributed by atoms with Gasteiger partial charge in [-0.05, 0) is 141 Å². The van der Waals surface area contributed by atoms with Gasteiger partial charge in [0.25, 0.3) is 0 Å². The monoisotopic (exact) mass is 670 g/mol. The molecule has 7 heteroatoms. The van der Waals surface area contributed by atoms with Gasteiger partial charge in [-0.3, -0.25) is 0 Å². The van der Waals surface area contributed by atoms with Crippen molar-refractivity contribution < 1.29 is 13.9 Å². The maximum Gasteiger partial charge on any atom is 0.123 e. The molecule has 0 amide bonds. The van der Waals surface area contributed by atoms with E-state index in [1.165, 1.54) is 41.7 Å². The third-order valence-corrected chi connectivity index (χ3v) is 10.3. The Balaban J connectivity index is 0.880. The highest BCUT2D eigenvalue weighted by molar-refractivity contribution is 5.49. The third-order valence-electron chi connectivity index (χ3n) is 10.3. The molecule has 0 saturated heterocycles. The maximum absolute atomic E-state index is 13.8. The summed E-state index contributed by atoms with van der Waals surface area (Å²) in [5, 5.41) is 26.0. The Morgan fingerprint density at radius 2 is 1.04 bits per heavy atom. The van der Waals surface area contributed by atoms with Crippen molar-refractivity contribution in [2.75, 3.05) is 26.2 Å². The van der Waals surface area contributed by atoms with Gasteiger partial charge in [-0.15, -0.1) is 0 Å². The van der Waals surface area contributed by atoms with Crippen LogP contribution in [0.15, 0.2) is 84.9 Å². The fraction of sp³-hybridized carbons (Fsp3) is 0.395. The Labute approximate surface area is 296 Å². The summed E-state index contributed by atoms with van der Waals surface area (Å²) in [6.07, 6.45) is 8.27. The quantitative estimate of drug-likeness (QED) is 0.110. The van der Waals surface area contributed by atoms with Crippen LogP contribution in [0.25, 0.3) is 0 Å². The Hall–Kier alpha value is -4.37. The third kappa shape index (κ3) is 7.83. The smallest absolute Gasteiger partial charge is 0.123 e. The maximum atomic E-state index is 13.8. The minimum Gasteiger partial charge on any atom is -0.361 e. The molecule has 2 atom stereocenters. The molecule has 4 aromatic rings. The molecule has 0 aliphatic carbocycles. The fourth-order valence-electron chi connectivity index (χ4n) is 7.66. The van der Waals surface area contributed by atoms with Crippen LogP contribution in [-0.4, -0.2) is 26.2 Å². The largest absolute Gasteiger partial charge is 0.361 e. The molecule has 0 saturated carbocycles. The number of halogens is 1. The summed E-state index contributed by atoms with van der Waals surface area (Å²) < 4.78 is 26.7. The first-order valence-corrected chi connectivity index (χ1v) is 18.1. The summed E-state index contributed by atoms with van der Waals surface area (Å²) >= 11 is 0. The van der Waals surface area contributed by atoms with Crippen molar-refractivity contribution in [3.8, 4) is 12.1 Å². The van der Waals surface area contributed by atoms with Crippen LogP contribution in [0, 0.1) is 35.4 Å². The first kappa shape index (κ1) is 35.5. The molecule has 2 N–H and O–H groups in total. The number of aryl methyl sites for hydroxylation is 1. The SMILES string of the molecule is Cc1ccc(C2(CCCNCCCCCCNCCCC3(c4ccc(F)cc4)OCc4cc(C#N)ccc43)OCc3cc(C#N)ccc32)cc1. The number of hydrogen-bond acceptors (Lipinski definition) is 6. The molecule has 0 bridgehead atoms. The van der Waals surface area contributed by atoms with Crippen LogP contribution < -0.4 is 10.6 Å². The highest BCUT2D eigenvalue weighted by Crippen LogP contribution is 2.47. The summed E-state index contributed by atoms with van der Waals surface area (Å²) in [5.74, 6) is -0.260. The molecule has 50 heavy (non-hydrogen) atoms. The van der Waals surface area contributed by atoms with Crippen molar-refractivity contribution in [2.24, 2.45) is 0 Å². The van der Waals surface area contributed by atoms with E-state index < -0.39 is 11.2 Å². The summed E-state index contributed by atoms with van der Waals surface area (Å²) in [5.41, 5.74) is 8.00. The number of fused-ring (bicyclic) bond motifs is 2. The van der Waals surface area contributed by atoms with Gasteiger partial charge in [-0.2, -0.15) is 10.5 Å². The van der Waals surface area contributed by atoms with Crippen LogP contribution >= 0.6 is 0 Å². The van der Waals surface area contributed by atoms with Gasteiger partial charge >= 0.3 is 0 Å². The molecule has 2 aliphatic heterocycles. The van der Waals surface area contributed by atoms with Crippen LogP contribution in [0.1, 0.15) is 101 Å². The second-order valence-corrected chi connectivity index (χ2v) is 13.7. The number of benzene rings is 4. The Morgan fingerprint density at radius 1 is 0.600 bits per heavy atom. The average Bonchev–Trinajstić information content (AvgIpc) is 3.71. The van der Waals surface area contributed by atoms with E-state index in [1.54, 1.807) is 0 Å². The number of rotatable bonds is 17. The Kier molecular flexibility index (Phi) is 11.7. The number of nitrogens with zero attached hydrogens (tertiary/aromatic N) is 2. The fourth-order valence-corrected chi connectivity index (χ4v) is 7.66. The van der Waals surface area contributed by atoms with Gasteiger partial charge in [-0.1, -0.05) is 66.9 Å². The second-order valence-electron chi connectivity index (χ2n) is 13.7. The van der Waals surface area contributed by atoms with Crippen LogP contribution in [0.4, 0.5) is 4.39 Å². The van der Waals surface area contributed by atoms with Crippen molar-refractivity contribution in [1.82, 2.24) is 10.6 Å². The number of nitrogens with one attached hydrogen (secondary N) is 2. The van der Waals surface area contributed by atoms with E-state index in [1.807, 2.05) is 42.5 Å². The van der Waals surface area contributed by atoms with E-state index in [0.29, 0.717) is 24.3 Å². The van der Waals surface area contributed by atoms with E-state index in [2.05, 4.69) is 60.0 Å². The normalized spacial score (nSPS) is 19.1. The molecule has 6 nitrogen and oxygen atoms in total. The molecule has 0 aromatic heterocycles. The zero-order chi connectivity index (χ0) is 34.8. The molecule has 2 heterocycles. The molecule has 4 aromatic carbocycles. The van der Waals surface area contributed by atoms with Crippen LogP contribution in [-0.2, 0) is 33.9 Å². The predicted octanol–water partition coefficient (Wildman–Crippen LogP) is 8.43. The van der Waals surface area contributed by atoms with Crippen molar-refractivity contribution in [3.63, 3.8) is 0 Å². The summed E-state index contributed by atoms with van der Waals surface area (Å²) in [6.45, 7) is 6.91. The van der Waals surface area contributed by atoms with Gasteiger partial charge in [0.1, 0.15) is 17.0 Å². The Morgan fingerprint density at radius 3 is 1.50 bits per heavy atom. The van der Waals surface area contributed by atoms with E-state index in [4.69, 9.17) is 9.47 Å². The first-order valence-electron chi connectivity index (χ1n) is 18.1. The van der Waals surface area contributed by atoms with Crippen LogP contribution in [0.2, 0.25) is 0 Å². The van der Waals surface area contributed by atoms with Gasteiger partial charge in [0.2, 0.25) is 0 Å². The van der Waals surface area contributed by atoms with Crippen LogP contribution in [0.5, 0.6) is 0 Å². The van der Waals surface area contributed by atoms with Gasteiger partial charge in [0.05, 0.1) is 36.5 Å². The topological polar surface area (TPSA) is 90.1 Å². The van der Waals surface area contributed by atoms with Gasteiger partial charge in [0, 0.05) is 0 Å². The predicted molar refractivity (Wildman–Crippen MR) is 194 cm³/mol. The first-order chi connectivity index (χ1) is 24.5. The molecule has 0 radical (unpaired) electrons. The summed E-state index contributed by atoms with van der Waals surface area (Å²) in [7, 11) is 0. The lowest BCUT2D eigenvalue weighted by Gasteiger charge is -2.31. The lowest BCUT2D eigenvalue weighted by molar-refractivity contribution is -0.0130. The second kappa shape index (κ2) is 16.6. The van der Waals surface area contributed by atoms with Crippen molar-refractivity contribution in [3.05, 3.63) is 141 Å². The summed E-state index contributed by atoms with van der Waals surface area (Å²) in [6, 6.07) is 31.5. The number of nitriles is 2. The Bertz CT molecular complexity index is 1690. The summed E-state index contributed by atoms with van der Waals surface area (Å²) in [4.78, 5) is 0. The van der Waals surface area contributed by atoms with Crippen molar-refractivity contribution in [2.45, 2.75) is 82.7 Å². The molecular formula is C43H47FN4O2. The van der Waals surface area contributed by atoms with Crippen molar-refractivity contribution >= 4 is 0 Å². The minimum absolute atomic E-state index is 0.260. The molecule has 0 spiro atoms. The molecule has 2 unspecified atom stereocenters. The average molecular weight is 671 g/mol. The number of hydrogen-bond donors (Lipinski definition) is 2. The highest BCUT2D eigenvalue weighted by atomic mass is 19.1. The zero-order valence-corrected chi connectivity index (χ0v) is 29.1. The molecule has 258 valence electrons. The van der Waals surface area contributed by atoms with Gasteiger partial charge in [-0.25, -0.2) is 4.39 Å². The van der Waals surface area contributed by atoms with E-state index in [9.17, 15) is 14.9 Å². The molecule has 0 fully saturated rings. The highest BCUT2D eigenvalue weighted by Gasteiger charge is 2.42. The van der Waals surface area contributed by atoms with Gasteiger partial charge in [0.15, 0.2) is 0 Å². The van der Waals surface area contributed by atoms with Crippen LogP contribution in [0.3, 0.4) is 0 Å². The van der Waals surface area contributed by atoms with Gasteiger partial charge < -0.3 is 20.1 Å². The molecule has 6 rings (SSSR count). The lowest BCUT2D eigenvalue weighted by Crippen LogP contribution is -2.29. The van der Waals surface area contributed by atoms with Crippen molar-refractivity contribution in [1.29, 1.82) is 10.5 Å². The standard InChI is InChI=1S/C43H47FN4O2/c1-32-8-12-37(13-9-32)42(40-18-10-33(28-45)26-35(40)30-49-42)20-6-24-47-22-4-2-3-5-23-48-25-7-21-43(38-14-16-39(44)17-15-38)41-19-11-34(29-46)27-36(41)31-50-43/h8-19,26-27,47-48H,2-7,20-25,30-31H2,1H3. The van der Waals surface area contributed by atoms with E-state index >= 15 is 0 Å². The number of unbranched alkanes of at least 4 members (excludes halogenated alkanes) is 3. The zero-order valence-electron chi connectivity index (χ0n) is 29.1. The molecular weight excluding hydrogens is 623 g/mol. The van der Waals surface area contributed by atoms with E-state index in [-0.39, 0.29) is 5.82 Å². The molecule has 2 aliphatic rings. The lowest BCUT2D eigenvalue weighted by atomic mass is 9.81.